The summed E-state index contributed by atoms with van der Waals surface area (Å²) in [6.45, 7) is 7.33. The Bertz CT molecular complexity index is 265. The van der Waals surface area contributed by atoms with Gasteiger partial charge in [0.1, 0.15) is 0 Å². The molecule has 1 saturated carbocycles. The van der Waals surface area contributed by atoms with E-state index >= 15 is 0 Å². The summed E-state index contributed by atoms with van der Waals surface area (Å²) in [6, 6.07) is 0.324. The zero-order valence-corrected chi connectivity index (χ0v) is 13.7. The van der Waals surface area contributed by atoms with Gasteiger partial charge in [0, 0.05) is 17.3 Å². The third kappa shape index (κ3) is 4.99. The number of hydrogen-bond acceptors (Lipinski definition) is 3. The van der Waals surface area contributed by atoms with Crippen LogP contribution in [0.15, 0.2) is 0 Å². The fraction of sp³-hybridized carbons (Fsp3) is 0.933. The molecule has 1 atom stereocenters. The molecule has 0 bridgehead atoms. The van der Waals surface area contributed by atoms with Crippen molar-refractivity contribution in [1.82, 2.24) is 10.6 Å². The van der Waals surface area contributed by atoms with Gasteiger partial charge in [0.25, 0.3) is 0 Å². The van der Waals surface area contributed by atoms with Gasteiger partial charge in [-0.2, -0.15) is 11.8 Å². The van der Waals surface area contributed by atoms with Crippen molar-refractivity contribution in [1.29, 1.82) is 0 Å². The third-order valence-electron chi connectivity index (χ3n) is 4.55. The second kappa shape index (κ2) is 8.15. The predicted molar refractivity (Wildman–Crippen MR) is 84.7 cm³/mol. The largest absolute Gasteiger partial charge is 0.352 e. The number of nitrogens with one attached hydrogen (secondary N) is 2. The van der Waals surface area contributed by atoms with E-state index in [1.807, 2.05) is 18.7 Å². The Labute approximate surface area is 122 Å². The summed E-state index contributed by atoms with van der Waals surface area (Å²) in [6.07, 6.45) is 9.25. The highest BCUT2D eigenvalue weighted by molar-refractivity contribution is 8.00. The monoisotopic (exact) mass is 286 g/mol. The van der Waals surface area contributed by atoms with Gasteiger partial charge >= 0.3 is 0 Å². The standard InChI is InChI=1S/C15H30N2OS/c1-5-15(6-2,19-4)11-16-12(3)14(18)17-13-9-7-8-10-13/h12-13,16H,5-11H2,1-4H3,(H,17,18). The topological polar surface area (TPSA) is 41.1 Å². The van der Waals surface area contributed by atoms with E-state index in [4.69, 9.17) is 0 Å². The molecule has 2 N–H and O–H groups in total. The Hall–Kier alpha value is -0.220. The van der Waals surface area contributed by atoms with Gasteiger partial charge < -0.3 is 10.6 Å². The molecule has 4 heteroatoms. The Morgan fingerprint density at radius 2 is 1.89 bits per heavy atom. The Kier molecular flexibility index (Phi) is 7.22. The molecule has 1 rings (SSSR count). The van der Waals surface area contributed by atoms with Crippen LogP contribution in [0.1, 0.15) is 59.3 Å². The summed E-state index contributed by atoms with van der Waals surface area (Å²) in [5.74, 6) is 0.161. The highest BCUT2D eigenvalue weighted by Gasteiger charge is 2.27. The SMILES string of the molecule is CCC(CC)(CNC(C)C(=O)NC1CCCC1)SC. The van der Waals surface area contributed by atoms with Gasteiger partial charge in [-0.25, -0.2) is 0 Å². The third-order valence-corrected chi connectivity index (χ3v) is 6.13. The molecule has 0 aromatic rings. The molecule has 0 spiro atoms. The maximum atomic E-state index is 12.1. The molecule has 0 heterocycles. The zero-order valence-electron chi connectivity index (χ0n) is 12.9. The van der Waals surface area contributed by atoms with E-state index in [-0.39, 0.29) is 16.7 Å². The Balaban J connectivity index is 2.36. The minimum Gasteiger partial charge on any atom is -0.352 e. The van der Waals surface area contributed by atoms with Crippen molar-refractivity contribution < 1.29 is 4.79 Å². The number of carbonyl (C=O) groups excluding carboxylic acids is 1. The summed E-state index contributed by atoms with van der Waals surface area (Å²) in [5, 5.41) is 6.58. The van der Waals surface area contributed by atoms with E-state index in [0.29, 0.717) is 6.04 Å². The summed E-state index contributed by atoms with van der Waals surface area (Å²) in [4.78, 5) is 12.1. The van der Waals surface area contributed by atoms with Crippen molar-refractivity contribution in [2.45, 2.75) is 76.1 Å². The van der Waals surface area contributed by atoms with E-state index in [1.54, 1.807) is 0 Å². The van der Waals surface area contributed by atoms with Crippen LogP contribution in [0.5, 0.6) is 0 Å². The van der Waals surface area contributed by atoms with Crippen LogP contribution in [-0.4, -0.2) is 35.5 Å². The van der Waals surface area contributed by atoms with Gasteiger partial charge in [-0.05, 0) is 38.9 Å². The Morgan fingerprint density at radius 1 is 1.32 bits per heavy atom. The highest BCUT2D eigenvalue weighted by atomic mass is 32.2. The van der Waals surface area contributed by atoms with Crippen LogP contribution >= 0.6 is 11.8 Å². The molecule has 0 aliphatic heterocycles. The van der Waals surface area contributed by atoms with Gasteiger partial charge in [-0.15, -0.1) is 0 Å². The van der Waals surface area contributed by atoms with Crippen LogP contribution in [0.3, 0.4) is 0 Å². The van der Waals surface area contributed by atoms with Gasteiger partial charge in [-0.1, -0.05) is 26.7 Å². The lowest BCUT2D eigenvalue weighted by Crippen LogP contribution is -2.49. The molecular weight excluding hydrogens is 256 g/mol. The second-order valence-electron chi connectivity index (χ2n) is 5.69. The predicted octanol–water partition coefficient (Wildman–Crippen LogP) is 2.95. The highest BCUT2D eigenvalue weighted by Crippen LogP contribution is 2.29. The van der Waals surface area contributed by atoms with Crippen LogP contribution in [-0.2, 0) is 4.79 Å². The van der Waals surface area contributed by atoms with E-state index in [0.717, 1.165) is 32.2 Å². The molecule has 1 aliphatic carbocycles. The van der Waals surface area contributed by atoms with Crippen LogP contribution in [0, 0.1) is 0 Å². The second-order valence-corrected chi connectivity index (χ2v) is 6.96. The molecule has 1 fully saturated rings. The van der Waals surface area contributed by atoms with Gasteiger partial charge in [-0.3, -0.25) is 4.79 Å². The molecule has 3 nitrogen and oxygen atoms in total. The normalized spacial score (nSPS) is 18.5. The lowest BCUT2D eigenvalue weighted by molar-refractivity contribution is -0.123. The molecule has 0 radical (unpaired) electrons. The molecule has 0 saturated heterocycles. The fourth-order valence-electron chi connectivity index (χ4n) is 2.69. The van der Waals surface area contributed by atoms with Gasteiger partial charge in [0.05, 0.1) is 6.04 Å². The van der Waals surface area contributed by atoms with E-state index < -0.39 is 0 Å². The van der Waals surface area contributed by atoms with Crippen molar-refractivity contribution in [3.8, 4) is 0 Å². The minimum absolute atomic E-state index is 0.0924. The van der Waals surface area contributed by atoms with Crippen molar-refractivity contribution in [3.63, 3.8) is 0 Å². The average molecular weight is 286 g/mol. The van der Waals surface area contributed by atoms with Gasteiger partial charge in [0.2, 0.25) is 5.91 Å². The molecule has 1 aliphatic rings. The van der Waals surface area contributed by atoms with Crippen LogP contribution in [0.25, 0.3) is 0 Å². The van der Waals surface area contributed by atoms with Crippen LogP contribution < -0.4 is 10.6 Å². The fourth-order valence-corrected chi connectivity index (χ4v) is 3.49. The van der Waals surface area contributed by atoms with E-state index in [2.05, 4.69) is 30.7 Å². The van der Waals surface area contributed by atoms with E-state index in [9.17, 15) is 4.79 Å². The number of carbonyl (C=O) groups is 1. The van der Waals surface area contributed by atoms with E-state index in [1.165, 1.54) is 12.8 Å². The zero-order chi connectivity index (χ0) is 14.3. The molecule has 1 unspecified atom stereocenters. The quantitative estimate of drug-likeness (QED) is 0.721. The number of amides is 1. The molecular formula is C15H30N2OS. The first-order chi connectivity index (χ1) is 9.06. The first-order valence-electron chi connectivity index (χ1n) is 7.65. The van der Waals surface area contributed by atoms with Crippen molar-refractivity contribution in [3.05, 3.63) is 0 Å². The summed E-state index contributed by atoms with van der Waals surface area (Å²) < 4.78 is 0.266. The van der Waals surface area contributed by atoms with Crippen LogP contribution in [0.2, 0.25) is 0 Å². The first-order valence-corrected chi connectivity index (χ1v) is 8.88. The van der Waals surface area contributed by atoms with Crippen molar-refractivity contribution >= 4 is 17.7 Å². The summed E-state index contributed by atoms with van der Waals surface area (Å²) in [7, 11) is 0. The van der Waals surface area contributed by atoms with Crippen molar-refractivity contribution in [2.75, 3.05) is 12.8 Å². The molecule has 19 heavy (non-hydrogen) atoms. The summed E-state index contributed by atoms with van der Waals surface area (Å²) >= 11 is 1.91. The number of rotatable bonds is 8. The number of hydrogen-bond donors (Lipinski definition) is 2. The van der Waals surface area contributed by atoms with Crippen molar-refractivity contribution in [2.24, 2.45) is 0 Å². The molecule has 0 aromatic heterocycles. The molecule has 1 amide bonds. The Morgan fingerprint density at radius 3 is 2.37 bits per heavy atom. The summed E-state index contributed by atoms with van der Waals surface area (Å²) in [5.41, 5.74) is 0. The maximum Gasteiger partial charge on any atom is 0.237 e. The van der Waals surface area contributed by atoms with Gasteiger partial charge in [0.15, 0.2) is 0 Å². The van der Waals surface area contributed by atoms with Crippen LogP contribution in [0.4, 0.5) is 0 Å². The lowest BCUT2D eigenvalue weighted by Gasteiger charge is -2.31. The average Bonchev–Trinajstić information content (AvgIpc) is 2.93. The molecule has 0 aromatic carbocycles. The molecule has 112 valence electrons. The maximum absolute atomic E-state index is 12.1. The lowest BCUT2D eigenvalue weighted by atomic mass is 10.0. The minimum atomic E-state index is -0.0924. The smallest absolute Gasteiger partial charge is 0.237 e. The number of thioether (sulfide) groups is 1. The first kappa shape index (κ1) is 16.8.